The average Bonchev–Trinajstić information content (AvgIpc) is 2.48. The van der Waals surface area contributed by atoms with Gasteiger partial charge in [0.25, 0.3) is 5.91 Å². The van der Waals surface area contributed by atoms with Gasteiger partial charge < -0.3 is 16.6 Å². The molecule has 0 unspecified atom stereocenters. The molecule has 0 bridgehead atoms. The van der Waals surface area contributed by atoms with Crippen LogP contribution < -0.4 is 22.7 Å². The lowest BCUT2D eigenvalue weighted by Crippen LogP contribution is -2.16. The summed E-state index contributed by atoms with van der Waals surface area (Å²) in [6.45, 7) is 0. The fourth-order valence-electron chi connectivity index (χ4n) is 0.700. The van der Waals surface area contributed by atoms with Crippen molar-refractivity contribution in [3.63, 3.8) is 0 Å². The minimum Gasteiger partial charge on any atom is -0.464 e. The summed E-state index contributed by atoms with van der Waals surface area (Å²) in [5.74, 6) is 3.47. The number of carbonyl (C=O) groups is 2. The van der Waals surface area contributed by atoms with Crippen LogP contribution >= 0.6 is 0 Å². The molecule has 0 radical (unpaired) electrons. The standard InChI is InChI=1S/C5H6N4O3.CH6N2/c6-3-2(4(7)10)8-1-9(3)5(11)12;1-3-2/h1H,6H2,(H2,7,10)(H,11,12);3H,2H2,1H3. The van der Waals surface area contributed by atoms with Crippen molar-refractivity contribution >= 4 is 17.8 Å². The second kappa shape index (κ2) is 5.57. The van der Waals surface area contributed by atoms with Crippen LogP contribution in [0.15, 0.2) is 6.33 Å². The zero-order valence-electron chi connectivity index (χ0n) is 7.97. The zero-order chi connectivity index (χ0) is 12.0. The van der Waals surface area contributed by atoms with Gasteiger partial charge in [-0.15, -0.1) is 0 Å². The third-order valence-corrected chi connectivity index (χ3v) is 1.24. The van der Waals surface area contributed by atoms with Gasteiger partial charge in [0, 0.05) is 0 Å². The van der Waals surface area contributed by atoms with E-state index < -0.39 is 12.0 Å². The van der Waals surface area contributed by atoms with Gasteiger partial charge in [-0.2, -0.15) is 0 Å². The van der Waals surface area contributed by atoms with Gasteiger partial charge >= 0.3 is 6.09 Å². The van der Waals surface area contributed by atoms with Crippen molar-refractivity contribution in [3.05, 3.63) is 12.0 Å². The zero-order valence-corrected chi connectivity index (χ0v) is 7.97. The van der Waals surface area contributed by atoms with Crippen LogP contribution in [0.4, 0.5) is 10.6 Å². The molecule has 9 heteroatoms. The first-order valence-corrected chi connectivity index (χ1v) is 3.69. The van der Waals surface area contributed by atoms with Crippen molar-refractivity contribution in [2.24, 2.45) is 11.6 Å². The number of nitrogen functional groups attached to an aromatic ring is 1. The minimum atomic E-state index is -1.31. The van der Waals surface area contributed by atoms with Gasteiger partial charge in [0.15, 0.2) is 5.69 Å². The number of nitrogens with two attached hydrogens (primary N) is 3. The summed E-state index contributed by atoms with van der Waals surface area (Å²) >= 11 is 0. The van der Waals surface area contributed by atoms with Gasteiger partial charge in [-0.3, -0.25) is 16.1 Å². The van der Waals surface area contributed by atoms with Gasteiger partial charge in [0.2, 0.25) is 0 Å². The van der Waals surface area contributed by atoms with Crippen molar-refractivity contribution in [2.75, 3.05) is 12.8 Å². The molecule has 0 saturated heterocycles. The molecule has 1 aromatic heterocycles. The highest BCUT2D eigenvalue weighted by Gasteiger charge is 2.15. The van der Waals surface area contributed by atoms with E-state index in [0.29, 0.717) is 4.57 Å². The van der Waals surface area contributed by atoms with Gasteiger partial charge in [-0.1, -0.05) is 0 Å². The number of aromatic nitrogens is 2. The van der Waals surface area contributed by atoms with Crippen molar-refractivity contribution in [1.82, 2.24) is 15.0 Å². The first-order valence-electron chi connectivity index (χ1n) is 3.69. The van der Waals surface area contributed by atoms with Gasteiger partial charge in [-0.05, 0) is 7.05 Å². The highest BCUT2D eigenvalue weighted by molar-refractivity contribution is 5.96. The number of primary amides is 1. The molecule has 8 N–H and O–H groups in total. The largest absolute Gasteiger partial charge is 0.464 e. The lowest BCUT2D eigenvalue weighted by atomic mass is 10.4. The summed E-state index contributed by atoms with van der Waals surface area (Å²) in [5.41, 5.74) is 12.1. The average molecular weight is 216 g/mol. The SMILES string of the molecule is CNN.NC(=O)c1ncn(C(=O)O)c1N. The number of imidazole rings is 1. The second-order valence-electron chi connectivity index (χ2n) is 2.28. The van der Waals surface area contributed by atoms with Crippen molar-refractivity contribution in [1.29, 1.82) is 0 Å². The smallest absolute Gasteiger partial charge is 0.418 e. The first-order chi connectivity index (χ1) is 6.95. The second-order valence-corrected chi connectivity index (χ2v) is 2.28. The molecule has 0 aliphatic carbocycles. The Morgan fingerprint density at radius 1 is 1.60 bits per heavy atom. The molecule has 0 atom stereocenters. The van der Waals surface area contributed by atoms with E-state index in [1.807, 2.05) is 0 Å². The highest BCUT2D eigenvalue weighted by atomic mass is 16.4. The lowest BCUT2D eigenvalue weighted by Gasteiger charge is -1.95. The molecule has 0 fully saturated rings. The molecule has 0 aliphatic rings. The summed E-state index contributed by atoms with van der Waals surface area (Å²) in [6.07, 6.45) is -0.398. The molecule has 0 spiro atoms. The topological polar surface area (TPSA) is 162 Å². The number of amides is 1. The minimum absolute atomic E-state index is 0.239. The molecule has 15 heavy (non-hydrogen) atoms. The first kappa shape index (κ1) is 12.9. The highest BCUT2D eigenvalue weighted by Crippen LogP contribution is 2.07. The summed E-state index contributed by atoms with van der Waals surface area (Å²) < 4.78 is 0.611. The van der Waals surface area contributed by atoms with Crippen LogP contribution in [0.1, 0.15) is 10.5 Å². The fraction of sp³-hybridized carbons (Fsp3) is 0.167. The molecule has 1 rings (SSSR count). The van der Waals surface area contributed by atoms with Crippen LogP contribution in [0.2, 0.25) is 0 Å². The molecule has 0 saturated carbocycles. The molecule has 1 heterocycles. The predicted octanol–water partition coefficient (Wildman–Crippen LogP) is -1.83. The maximum Gasteiger partial charge on any atom is 0.418 e. The number of nitrogens with one attached hydrogen (secondary N) is 1. The van der Waals surface area contributed by atoms with E-state index in [1.54, 1.807) is 7.05 Å². The Labute approximate surface area is 84.8 Å². The number of carbonyl (C=O) groups excluding carboxylic acids is 1. The van der Waals surface area contributed by atoms with E-state index in [-0.39, 0.29) is 11.5 Å². The van der Waals surface area contributed by atoms with Crippen LogP contribution in [0.25, 0.3) is 0 Å². The van der Waals surface area contributed by atoms with Gasteiger partial charge in [0.05, 0.1) is 0 Å². The molecule has 84 valence electrons. The Hall–Kier alpha value is -2.13. The molecule has 1 amide bonds. The number of anilines is 1. The molecular formula is C6H12N6O3. The van der Waals surface area contributed by atoms with Crippen LogP contribution in [0.5, 0.6) is 0 Å². The Balaban J connectivity index is 0.000000583. The van der Waals surface area contributed by atoms with E-state index in [4.69, 9.17) is 16.6 Å². The van der Waals surface area contributed by atoms with E-state index in [1.165, 1.54) is 0 Å². The number of rotatable bonds is 1. The Kier molecular flexibility index (Phi) is 4.78. The molecule has 9 nitrogen and oxygen atoms in total. The third-order valence-electron chi connectivity index (χ3n) is 1.24. The van der Waals surface area contributed by atoms with Crippen molar-refractivity contribution in [2.45, 2.75) is 0 Å². The Bertz CT molecular complexity index is 328. The predicted molar refractivity (Wildman–Crippen MR) is 51.8 cm³/mol. The van der Waals surface area contributed by atoms with Gasteiger partial charge in [-0.25, -0.2) is 14.3 Å². The van der Waals surface area contributed by atoms with Crippen LogP contribution in [-0.2, 0) is 0 Å². The van der Waals surface area contributed by atoms with Crippen molar-refractivity contribution in [3.8, 4) is 0 Å². The van der Waals surface area contributed by atoms with Gasteiger partial charge in [0.1, 0.15) is 12.1 Å². The van der Waals surface area contributed by atoms with Crippen LogP contribution in [-0.4, -0.2) is 33.7 Å². The quantitative estimate of drug-likeness (QED) is 0.272. The summed E-state index contributed by atoms with van der Waals surface area (Å²) in [7, 11) is 1.65. The van der Waals surface area contributed by atoms with E-state index in [0.717, 1.165) is 6.33 Å². The summed E-state index contributed by atoms with van der Waals surface area (Å²) in [6, 6.07) is 0. The van der Waals surface area contributed by atoms with E-state index in [9.17, 15) is 9.59 Å². The normalized spacial score (nSPS) is 8.93. The molecule has 0 aromatic carbocycles. The van der Waals surface area contributed by atoms with Crippen LogP contribution in [0, 0.1) is 0 Å². The molecule has 0 aliphatic heterocycles. The molecule has 1 aromatic rings. The maximum absolute atomic E-state index is 10.5. The number of carboxylic acid groups (broad SMARTS) is 1. The van der Waals surface area contributed by atoms with Crippen LogP contribution in [0.3, 0.4) is 0 Å². The lowest BCUT2D eigenvalue weighted by molar-refractivity contribution is 0.0997. The van der Waals surface area contributed by atoms with E-state index >= 15 is 0 Å². The third kappa shape index (κ3) is 3.25. The monoisotopic (exact) mass is 216 g/mol. The van der Waals surface area contributed by atoms with E-state index in [2.05, 4.69) is 16.3 Å². The maximum atomic E-state index is 10.5. The summed E-state index contributed by atoms with van der Waals surface area (Å²) in [4.78, 5) is 24.3. The summed E-state index contributed by atoms with van der Waals surface area (Å²) in [5, 5.41) is 8.45. The fourth-order valence-corrected chi connectivity index (χ4v) is 0.700. The Morgan fingerprint density at radius 2 is 2.07 bits per heavy atom. The number of hydrogen-bond donors (Lipinski definition) is 5. The number of nitrogens with zero attached hydrogens (tertiary/aromatic N) is 2. The number of hydrogen-bond acceptors (Lipinski definition) is 6. The Morgan fingerprint density at radius 3 is 2.27 bits per heavy atom. The molecular weight excluding hydrogens is 204 g/mol. The number of hydrazine groups is 1. The van der Waals surface area contributed by atoms with Crippen molar-refractivity contribution < 1.29 is 14.7 Å².